The van der Waals surface area contributed by atoms with Gasteiger partial charge in [0, 0.05) is 30.9 Å². The number of hydrogen-bond acceptors (Lipinski definition) is 5. The van der Waals surface area contributed by atoms with E-state index in [9.17, 15) is 4.79 Å². The fourth-order valence-electron chi connectivity index (χ4n) is 1.40. The highest BCUT2D eigenvalue weighted by Crippen LogP contribution is 2.13. The van der Waals surface area contributed by atoms with Gasteiger partial charge in [0.15, 0.2) is 0 Å². The first-order valence-corrected chi connectivity index (χ1v) is 6.21. The third kappa shape index (κ3) is 4.13. The maximum Gasteiger partial charge on any atom is 0.365 e. The minimum Gasteiger partial charge on any atom is -0.476 e. The molecule has 0 aliphatic carbocycles. The monoisotopic (exact) mass is 253 g/mol. The first-order chi connectivity index (χ1) is 8.04. The third-order valence-electron chi connectivity index (χ3n) is 2.34. The summed E-state index contributed by atoms with van der Waals surface area (Å²) in [5.74, 6) is -0.991. The molecule has 0 bridgehead atoms. The van der Waals surface area contributed by atoms with Crippen LogP contribution in [0, 0.1) is 11.3 Å². The number of aromatic carboxylic acids is 1. The molecule has 0 atom stereocenters. The molecule has 0 saturated carbocycles. The first kappa shape index (κ1) is 13.6. The number of carboxylic acid groups (broad SMARTS) is 1. The summed E-state index contributed by atoms with van der Waals surface area (Å²) in [6.07, 6.45) is 0.466. The van der Waals surface area contributed by atoms with Crippen LogP contribution in [-0.2, 0) is 6.54 Å². The van der Waals surface area contributed by atoms with Crippen molar-refractivity contribution in [3.8, 4) is 6.07 Å². The van der Waals surface area contributed by atoms with Gasteiger partial charge in [-0.25, -0.2) is 9.78 Å². The molecule has 1 N–H and O–H groups in total. The number of rotatable bonds is 6. The van der Waals surface area contributed by atoms with Gasteiger partial charge in [-0.05, 0) is 13.8 Å². The minimum atomic E-state index is -0.991. The van der Waals surface area contributed by atoms with Crippen molar-refractivity contribution in [3.63, 3.8) is 0 Å². The molecule has 6 heteroatoms. The van der Waals surface area contributed by atoms with Crippen LogP contribution in [0.5, 0.6) is 0 Å². The van der Waals surface area contributed by atoms with Crippen LogP contribution in [0.1, 0.15) is 35.8 Å². The molecule has 17 heavy (non-hydrogen) atoms. The van der Waals surface area contributed by atoms with E-state index >= 15 is 0 Å². The predicted octanol–water partition coefficient (Wildman–Crippen LogP) is 1.97. The lowest BCUT2D eigenvalue weighted by molar-refractivity contribution is 0.0696. The van der Waals surface area contributed by atoms with Crippen molar-refractivity contribution in [3.05, 3.63) is 16.1 Å². The zero-order chi connectivity index (χ0) is 12.8. The fraction of sp³-hybridized carbons (Fsp3) is 0.545. The Balaban J connectivity index is 2.65. The molecule has 0 unspecified atom stereocenters. The molecule has 1 aromatic heterocycles. The lowest BCUT2D eigenvalue weighted by atomic mass is 10.2. The van der Waals surface area contributed by atoms with E-state index in [0.717, 1.165) is 17.0 Å². The van der Waals surface area contributed by atoms with Crippen molar-refractivity contribution in [2.45, 2.75) is 32.9 Å². The molecule has 5 nitrogen and oxygen atoms in total. The molecule has 0 spiro atoms. The molecular formula is C11H15N3O2S. The summed E-state index contributed by atoms with van der Waals surface area (Å²) in [4.78, 5) is 16.8. The highest BCUT2D eigenvalue weighted by Gasteiger charge is 2.14. The van der Waals surface area contributed by atoms with E-state index in [1.165, 1.54) is 0 Å². The van der Waals surface area contributed by atoms with Crippen LogP contribution in [-0.4, -0.2) is 33.5 Å². The number of aromatic nitrogens is 1. The predicted molar refractivity (Wildman–Crippen MR) is 64.8 cm³/mol. The van der Waals surface area contributed by atoms with Gasteiger partial charge in [0.05, 0.1) is 11.8 Å². The normalized spacial score (nSPS) is 10.8. The van der Waals surface area contributed by atoms with Crippen LogP contribution >= 0.6 is 11.3 Å². The summed E-state index contributed by atoms with van der Waals surface area (Å²) in [7, 11) is 0. The Morgan fingerprint density at radius 3 is 2.88 bits per heavy atom. The van der Waals surface area contributed by atoms with Crippen LogP contribution in [0.2, 0.25) is 0 Å². The molecule has 0 aliphatic rings. The molecule has 1 rings (SSSR count). The Bertz CT molecular complexity index is 423. The third-order valence-corrected chi connectivity index (χ3v) is 3.22. The van der Waals surface area contributed by atoms with Gasteiger partial charge in [-0.15, -0.1) is 11.3 Å². The second kappa shape index (κ2) is 6.33. The Labute approximate surface area is 104 Å². The van der Waals surface area contributed by atoms with Gasteiger partial charge in [0.25, 0.3) is 0 Å². The van der Waals surface area contributed by atoms with Crippen molar-refractivity contribution in [1.29, 1.82) is 5.26 Å². The summed E-state index contributed by atoms with van der Waals surface area (Å²) in [5.41, 5.74) is 0.749. The SMILES string of the molecule is CC(C)N(CCC#N)Cc1csc(C(=O)O)n1. The molecule has 92 valence electrons. The van der Waals surface area contributed by atoms with Crippen molar-refractivity contribution in [1.82, 2.24) is 9.88 Å². The molecule has 0 fully saturated rings. The fourth-order valence-corrected chi connectivity index (χ4v) is 2.05. The summed E-state index contributed by atoms with van der Waals surface area (Å²) in [6, 6.07) is 2.41. The van der Waals surface area contributed by atoms with Crippen LogP contribution in [0.3, 0.4) is 0 Å². The molecule has 0 aromatic carbocycles. The first-order valence-electron chi connectivity index (χ1n) is 5.33. The van der Waals surface area contributed by atoms with Gasteiger partial charge in [0.1, 0.15) is 0 Å². The van der Waals surface area contributed by atoms with Crippen molar-refractivity contribution in [2.75, 3.05) is 6.54 Å². The second-order valence-electron chi connectivity index (χ2n) is 3.92. The Hall–Kier alpha value is -1.45. The van der Waals surface area contributed by atoms with Gasteiger partial charge in [-0.3, -0.25) is 4.90 Å². The van der Waals surface area contributed by atoms with Gasteiger partial charge >= 0.3 is 5.97 Å². The lowest BCUT2D eigenvalue weighted by Gasteiger charge is -2.24. The van der Waals surface area contributed by atoms with Gasteiger partial charge in [0.2, 0.25) is 5.01 Å². The lowest BCUT2D eigenvalue weighted by Crippen LogP contribution is -2.31. The summed E-state index contributed by atoms with van der Waals surface area (Å²) in [5, 5.41) is 19.2. The number of carboxylic acids is 1. The summed E-state index contributed by atoms with van der Waals surface area (Å²) in [6.45, 7) is 5.35. The van der Waals surface area contributed by atoms with Crippen LogP contribution < -0.4 is 0 Å². The highest BCUT2D eigenvalue weighted by molar-refractivity contribution is 7.11. The maximum atomic E-state index is 10.7. The molecular weight excluding hydrogens is 238 g/mol. The molecule has 0 saturated heterocycles. The highest BCUT2D eigenvalue weighted by atomic mass is 32.1. The number of hydrogen-bond donors (Lipinski definition) is 1. The second-order valence-corrected chi connectivity index (χ2v) is 4.78. The summed E-state index contributed by atoms with van der Waals surface area (Å²) < 4.78 is 0. The van der Waals surface area contributed by atoms with E-state index in [0.29, 0.717) is 25.6 Å². The van der Waals surface area contributed by atoms with Gasteiger partial charge < -0.3 is 5.11 Å². The smallest absolute Gasteiger partial charge is 0.365 e. The maximum absolute atomic E-state index is 10.7. The zero-order valence-electron chi connectivity index (χ0n) is 9.88. The quantitative estimate of drug-likeness (QED) is 0.838. The molecule has 1 aromatic rings. The van der Waals surface area contributed by atoms with Gasteiger partial charge in [-0.1, -0.05) is 0 Å². The number of nitriles is 1. The summed E-state index contributed by atoms with van der Waals surface area (Å²) >= 11 is 1.13. The Morgan fingerprint density at radius 1 is 1.71 bits per heavy atom. The molecule has 0 radical (unpaired) electrons. The largest absolute Gasteiger partial charge is 0.476 e. The standard InChI is InChI=1S/C11H15N3O2S/c1-8(2)14(5-3-4-12)6-9-7-17-10(13-9)11(15)16/h7-8H,3,5-6H2,1-2H3,(H,15,16). The molecule has 0 amide bonds. The average molecular weight is 253 g/mol. The van der Waals surface area contributed by atoms with E-state index in [4.69, 9.17) is 10.4 Å². The zero-order valence-corrected chi connectivity index (χ0v) is 10.7. The van der Waals surface area contributed by atoms with Crippen molar-refractivity contribution in [2.24, 2.45) is 0 Å². The number of carbonyl (C=O) groups is 1. The van der Waals surface area contributed by atoms with Gasteiger partial charge in [-0.2, -0.15) is 5.26 Å². The van der Waals surface area contributed by atoms with E-state index in [-0.39, 0.29) is 5.01 Å². The van der Waals surface area contributed by atoms with E-state index < -0.39 is 5.97 Å². The number of thiazole rings is 1. The Morgan fingerprint density at radius 2 is 2.41 bits per heavy atom. The van der Waals surface area contributed by atoms with E-state index in [1.807, 2.05) is 13.8 Å². The van der Waals surface area contributed by atoms with E-state index in [1.54, 1.807) is 5.38 Å². The van der Waals surface area contributed by atoms with Crippen molar-refractivity contribution < 1.29 is 9.90 Å². The minimum absolute atomic E-state index is 0.115. The molecule has 1 heterocycles. The van der Waals surface area contributed by atoms with Crippen LogP contribution in [0.25, 0.3) is 0 Å². The van der Waals surface area contributed by atoms with Crippen LogP contribution in [0.15, 0.2) is 5.38 Å². The average Bonchev–Trinajstić information content (AvgIpc) is 2.72. The Kier molecular flexibility index (Phi) is 5.07. The van der Waals surface area contributed by atoms with Crippen LogP contribution in [0.4, 0.5) is 0 Å². The topological polar surface area (TPSA) is 77.2 Å². The van der Waals surface area contributed by atoms with Crippen molar-refractivity contribution >= 4 is 17.3 Å². The molecule has 0 aliphatic heterocycles. The number of nitrogens with zero attached hydrogens (tertiary/aromatic N) is 3. The van der Waals surface area contributed by atoms with E-state index in [2.05, 4.69) is 16.0 Å².